The minimum absolute atomic E-state index is 0.0738. The maximum atomic E-state index is 13.6. The number of nitrogens with zero attached hydrogens (tertiary/aromatic N) is 1. The summed E-state index contributed by atoms with van der Waals surface area (Å²) in [6.45, 7) is 3.32. The molecule has 9 heteroatoms. The smallest absolute Gasteiger partial charge is 0.318 e. The molecule has 0 radical (unpaired) electrons. The van der Waals surface area contributed by atoms with Crippen molar-refractivity contribution >= 4 is 28.5 Å². The van der Waals surface area contributed by atoms with Crippen molar-refractivity contribution in [3.05, 3.63) is 95.9 Å². The number of halogens is 1. The number of ether oxygens (including phenoxy) is 1. The van der Waals surface area contributed by atoms with Gasteiger partial charge in [-0.15, -0.1) is 0 Å². The molecule has 40 heavy (non-hydrogen) atoms. The number of benzene rings is 3. The van der Waals surface area contributed by atoms with Crippen molar-refractivity contribution < 1.29 is 18.7 Å². The minimum atomic E-state index is -0.825. The molecule has 5 N–H and O–H groups in total. The number of piperidine rings is 1. The van der Waals surface area contributed by atoms with Crippen molar-refractivity contribution in [2.75, 3.05) is 18.4 Å². The number of carbonyl (C=O) groups excluding carboxylic acids is 2. The summed E-state index contributed by atoms with van der Waals surface area (Å²) >= 11 is 0. The van der Waals surface area contributed by atoms with Crippen molar-refractivity contribution in [2.24, 2.45) is 5.73 Å². The molecular weight excluding hydrogens is 509 g/mol. The molecule has 208 valence electrons. The van der Waals surface area contributed by atoms with Crippen molar-refractivity contribution in [1.29, 1.82) is 0 Å². The van der Waals surface area contributed by atoms with E-state index in [1.165, 1.54) is 12.1 Å². The molecule has 0 aliphatic carbocycles. The second-order valence-corrected chi connectivity index (χ2v) is 10.2. The fourth-order valence-electron chi connectivity index (χ4n) is 5.12. The van der Waals surface area contributed by atoms with Crippen LogP contribution in [-0.2, 0) is 11.3 Å². The number of H-pyrrole nitrogens is 1. The van der Waals surface area contributed by atoms with Crippen molar-refractivity contribution in [3.8, 4) is 5.75 Å². The van der Waals surface area contributed by atoms with Gasteiger partial charge in [0, 0.05) is 61.2 Å². The number of aromatic amines is 1. The van der Waals surface area contributed by atoms with Gasteiger partial charge in [-0.2, -0.15) is 0 Å². The van der Waals surface area contributed by atoms with E-state index in [-0.39, 0.29) is 29.8 Å². The number of fused-ring (bicyclic) bond motifs is 1. The summed E-state index contributed by atoms with van der Waals surface area (Å²) in [5.74, 6) is -0.330. The molecular formula is C31H34FN5O3. The third-order valence-electron chi connectivity index (χ3n) is 7.48. The van der Waals surface area contributed by atoms with Gasteiger partial charge in [-0.25, -0.2) is 9.18 Å². The van der Waals surface area contributed by atoms with Crippen molar-refractivity contribution in [2.45, 2.75) is 44.4 Å². The highest BCUT2D eigenvalue weighted by atomic mass is 19.1. The maximum Gasteiger partial charge on any atom is 0.318 e. The molecule has 0 bridgehead atoms. The Morgan fingerprint density at radius 2 is 1.75 bits per heavy atom. The third-order valence-corrected chi connectivity index (χ3v) is 7.48. The van der Waals surface area contributed by atoms with Crippen LogP contribution in [0.4, 0.5) is 14.9 Å². The van der Waals surface area contributed by atoms with Gasteiger partial charge in [0.1, 0.15) is 23.7 Å². The topological polar surface area (TPSA) is 112 Å². The molecule has 3 aromatic carbocycles. The number of likely N-dealkylation sites (tertiary alicyclic amines) is 1. The molecule has 1 aliphatic rings. The zero-order valence-electron chi connectivity index (χ0n) is 22.4. The Bertz CT molecular complexity index is 1450. The number of aromatic nitrogens is 1. The van der Waals surface area contributed by atoms with Gasteiger partial charge in [-0.1, -0.05) is 37.3 Å². The zero-order chi connectivity index (χ0) is 28.1. The fourth-order valence-corrected chi connectivity index (χ4v) is 5.12. The highest BCUT2D eigenvalue weighted by molar-refractivity contribution is 5.98. The highest BCUT2D eigenvalue weighted by Crippen LogP contribution is 2.29. The summed E-state index contributed by atoms with van der Waals surface area (Å²) in [5.41, 5.74) is 9.21. The molecule has 2 unspecified atom stereocenters. The largest absolute Gasteiger partial charge is 0.490 e. The first-order valence-electron chi connectivity index (χ1n) is 13.5. The van der Waals surface area contributed by atoms with Crippen molar-refractivity contribution in [3.63, 3.8) is 0 Å². The first-order chi connectivity index (χ1) is 19.4. The van der Waals surface area contributed by atoms with Gasteiger partial charge in [0.2, 0.25) is 5.91 Å². The Balaban J connectivity index is 1.28. The number of urea groups is 1. The van der Waals surface area contributed by atoms with Crippen LogP contribution in [0.1, 0.15) is 36.8 Å². The third kappa shape index (κ3) is 6.26. The number of rotatable bonds is 8. The zero-order valence-corrected chi connectivity index (χ0v) is 22.4. The maximum absolute atomic E-state index is 13.6. The van der Waals surface area contributed by atoms with Crippen LogP contribution >= 0.6 is 0 Å². The lowest BCUT2D eigenvalue weighted by Gasteiger charge is -2.34. The summed E-state index contributed by atoms with van der Waals surface area (Å²) in [5, 5.41) is 6.98. The van der Waals surface area contributed by atoms with Crippen LogP contribution in [0.25, 0.3) is 10.9 Å². The summed E-state index contributed by atoms with van der Waals surface area (Å²) < 4.78 is 19.2. The molecule has 2 atom stereocenters. The van der Waals surface area contributed by atoms with E-state index < -0.39 is 6.04 Å². The monoisotopic (exact) mass is 543 g/mol. The summed E-state index contributed by atoms with van der Waals surface area (Å²) in [4.78, 5) is 32.0. The summed E-state index contributed by atoms with van der Waals surface area (Å²) in [7, 11) is 0. The van der Waals surface area contributed by atoms with E-state index in [1.807, 2.05) is 49.5 Å². The Labute approximate surface area is 232 Å². The van der Waals surface area contributed by atoms with Gasteiger partial charge < -0.3 is 31.0 Å². The molecule has 1 aliphatic heterocycles. The first kappa shape index (κ1) is 27.2. The molecule has 1 saturated heterocycles. The van der Waals surface area contributed by atoms with E-state index in [0.717, 1.165) is 22.0 Å². The second kappa shape index (κ2) is 12.2. The fraction of sp³-hybridized carbons (Fsp3) is 0.290. The predicted molar refractivity (Wildman–Crippen MR) is 154 cm³/mol. The van der Waals surface area contributed by atoms with Crippen LogP contribution in [0, 0.1) is 5.82 Å². The lowest BCUT2D eigenvalue weighted by atomic mass is 9.92. The van der Waals surface area contributed by atoms with E-state index in [2.05, 4.69) is 15.6 Å². The molecule has 4 aromatic rings. The van der Waals surface area contributed by atoms with Gasteiger partial charge >= 0.3 is 6.03 Å². The molecule has 1 fully saturated rings. The number of nitrogens with one attached hydrogen (secondary N) is 3. The van der Waals surface area contributed by atoms with Crippen LogP contribution in [0.15, 0.2) is 79.0 Å². The van der Waals surface area contributed by atoms with E-state index in [0.29, 0.717) is 43.9 Å². The Kier molecular flexibility index (Phi) is 8.31. The number of para-hydroxylation sites is 1. The minimum Gasteiger partial charge on any atom is -0.490 e. The number of carbonyl (C=O) groups is 2. The average Bonchev–Trinajstić information content (AvgIpc) is 3.42. The number of hydrogen-bond donors (Lipinski definition) is 4. The number of amides is 3. The number of hydrogen-bond acceptors (Lipinski definition) is 4. The van der Waals surface area contributed by atoms with Gasteiger partial charge in [0.25, 0.3) is 0 Å². The van der Waals surface area contributed by atoms with Gasteiger partial charge in [0.05, 0.1) is 0 Å². The number of anilines is 1. The Hall–Kier alpha value is -4.37. The highest BCUT2D eigenvalue weighted by Gasteiger charge is 2.32. The molecule has 3 amide bonds. The van der Waals surface area contributed by atoms with Crippen molar-refractivity contribution in [1.82, 2.24) is 15.2 Å². The SMILES string of the molecule is CC(c1c[nH]c2ccccc12)C(NC(=O)N1CCC(Oc2ccc(F)cc2)CC1)C(=O)Nc1ccc(CN)cc1. The molecule has 0 spiro atoms. The normalized spacial score (nSPS) is 15.4. The van der Waals surface area contributed by atoms with E-state index in [9.17, 15) is 14.0 Å². The summed E-state index contributed by atoms with van der Waals surface area (Å²) in [6.07, 6.45) is 3.09. The van der Waals surface area contributed by atoms with E-state index >= 15 is 0 Å². The Morgan fingerprint density at radius 3 is 2.45 bits per heavy atom. The average molecular weight is 544 g/mol. The second-order valence-electron chi connectivity index (χ2n) is 10.2. The quantitative estimate of drug-likeness (QED) is 0.247. The van der Waals surface area contributed by atoms with E-state index in [4.69, 9.17) is 10.5 Å². The van der Waals surface area contributed by atoms with Crippen LogP contribution in [0.3, 0.4) is 0 Å². The van der Waals surface area contributed by atoms with E-state index in [1.54, 1.807) is 29.2 Å². The first-order valence-corrected chi connectivity index (χ1v) is 13.5. The number of nitrogens with two attached hydrogens (primary N) is 1. The standard InChI is InChI=1S/C31H34FN5O3/c1-20(27-19-34-28-5-3-2-4-26(27)28)29(30(38)35-23-10-6-21(18-33)7-11-23)36-31(39)37-16-14-25(15-17-37)40-24-12-8-22(32)9-13-24/h2-13,19-20,25,29,34H,14-18,33H2,1H3,(H,35,38)(H,36,39). The lowest BCUT2D eigenvalue weighted by Crippen LogP contribution is -2.53. The molecule has 5 rings (SSSR count). The molecule has 8 nitrogen and oxygen atoms in total. The summed E-state index contributed by atoms with van der Waals surface area (Å²) in [6, 6.07) is 20.1. The van der Waals surface area contributed by atoms with Gasteiger partial charge in [-0.3, -0.25) is 4.79 Å². The Morgan fingerprint density at radius 1 is 1.05 bits per heavy atom. The molecule has 2 heterocycles. The molecule has 1 aromatic heterocycles. The van der Waals surface area contributed by atoms with Gasteiger partial charge in [0.15, 0.2) is 0 Å². The lowest BCUT2D eigenvalue weighted by molar-refractivity contribution is -0.118. The molecule has 0 saturated carbocycles. The van der Waals surface area contributed by atoms with Gasteiger partial charge in [-0.05, 0) is 53.6 Å². The van der Waals surface area contributed by atoms with Crippen LogP contribution < -0.4 is 21.1 Å². The predicted octanol–water partition coefficient (Wildman–Crippen LogP) is 5.13. The van der Waals surface area contributed by atoms with Crippen LogP contribution in [-0.4, -0.2) is 47.1 Å². The van der Waals surface area contributed by atoms with Crippen LogP contribution in [0.2, 0.25) is 0 Å². The van der Waals surface area contributed by atoms with Crippen LogP contribution in [0.5, 0.6) is 5.75 Å².